The summed E-state index contributed by atoms with van der Waals surface area (Å²) in [6.07, 6.45) is 1.21. The van der Waals surface area contributed by atoms with E-state index in [-0.39, 0.29) is 6.26 Å². The van der Waals surface area contributed by atoms with Gasteiger partial charge in [0, 0.05) is 6.26 Å². The molecule has 0 aliphatic heterocycles. The summed E-state index contributed by atoms with van der Waals surface area (Å²) in [5.41, 5.74) is 0. The zero-order valence-electron chi connectivity index (χ0n) is 3.79. The van der Waals surface area contributed by atoms with E-state index in [1.807, 2.05) is 0 Å². The highest BCUT2D eigenvalue weighted by Crippen LogP contribution is 1.80. The molecule has 0 atom stereocenters. The van der Waals surface area contributed by atoms with Crippen LogP contribution in [-0.4, -0.2) is 14.7 Å². The van der Waals surface area contributed by atoms with Crippen LogP contribution in [-0.2, 0) is 14.9 Å². The Hall–Kier alpha value is -0.510. The fraction of sp³-hybridized carbons (Fsp3) is 0.333. The average Bonchev–Trinajstić information content (AvgIpc) is 1.30. The van der Waals surface area contributed by atoms with Crippen LogP contribution < -0.4 is 0 Å². The Morgan fingerprint density at radius 2 is 1.86 bits per heavy atom. The molecule has 0 aliphatic rings. The first-order chi connectivity index (χ1) is 3.06. The van der Waals surface area contributed by atoms with E-state index >= 15 is 0 Å². The molecule has 0 unspecified atom stereocenters. The van der Waals surface area contributed by atoms with Crippen molar-refractivity contribution < 1.29 is 13.5 Å². The Balaban J connectivity index is 4.13. The predicted octanol–water partition coefficient (Wildman–Crippen LogP) is -0.0673. The molecule has 0 amide bonds. The van der Waals surface area contributed by atoms with Gasteiger partial charge in [-0.05, 0) is 0 Å². The van der Waals surface area contributed by atoms with E-state index in [4.69, 9.17) is 0 Å². The average molecular weight is 121 g/mol. The monoisotopic (exact) mass is 121 g/mol. The van der Waals surface area contributed by atoms with Crippen LogP contribution in [0.2, 0.25) is 0 Å². The van der Waals surface area contributed by atoms with Crippen molar-refractivity contribution in [2.24, 2.45) is 0 Å². The third-order valence-electron chi connectivity index (χ3n) is 0.303. The van der Waals surface area contributed by atoms with Crippen molar-refractivity contribution in [1.82, 2.24) is 0 Å². The minimum Gasteiger partial charge on any atom is -0.298 e. The number of sulfone groups is 1. The standard InChI is InChI=1S/C3H5O3S/c1-7(5,6)3-2-4/h2-3H,1H3/b3-2+. The second-order valence-corrected chi connectivity index (χ2v) is 3.03. The lowest BCUT2D eigenvalue weighted by Crippen LogP contribution is -1.86. The summed E-state index contributed by atoms with van der Waals surface area (Å²) in [5, 5.41) is 9.99. The van der Waals surface area contributed by atoms with Crippen molar-refractivity contribution in [2.75, 3.05) is 6.26 Å². The second-order valence-electron chi connectivity index (χ2n) is 1.10. The molecule has 1 radical (unpaired) electrons. The molecule has 0 heterocycles. The zero-order chi connectivity index (χ0) is 5.91. The molecule has 0 aliphatic carbocycles. The molecule has 7 heavy (non-hydrogen) atoms. The molecule has 0 N–H and O–H groups in total. The maximum Gasteiger partial charge on any atom is 0.171 e. The van der Waals surface area contributed by atoms with Crippen molar-refractivity contribution in [1.29, 1.82) is 0 Å². The minimum absolute atomic E-state index is 0.245. The maximum atomic E-state index is 9.94. The predicted molar refractivity (Wildman–Crippen MR) is 24.7 cm³/mol. The molecule has 0 rings (SSSR count). The summed E-state index contributed by atoms with van der Waals surface area (Å²) in [6, 6.07) is 0. The van der Waals surface area contributed by atoms with Gasteiger partial charge in [-0.3, -0.25) is 5.11 Å². The van der Waals surface area contributed by atoms with Gasteiger partial charge in [-0.25, -0.2) is 8.42 Å². The van der Waals surface area contributed by atoms with Crippen molar-refractivity contribution in [3.8, 4) is 0 Å². The molecule has 0 aromatic carbocycles. The zero-order valence-corrected chi connectivity index (χ0v) is 4.60. The fourth-order valence-electron chi connectivity index (χ4n) is 0.101. The Bertz CT molecular complexity index is 153. The minimum atomic E-state index is -3.17. The SMILES string of the molecule is CS(=O)(=O)/C=C/[O]. The van der Waals surface area contributed by atoms with Gasteiger partial charge in [-0.2, -0.15) is 0 Å². The van der Waals surface area contributed by atoms with Crippen LogP contribution in [0.15, 0.2) is 11.7 Å². The van der Waals surface area contributed by atoms with Crippen molar-refractivity contribution in [2.45, 2.75) is 0 Å². The van der Waals surface area contributed by atoms with E-state index in [9.17, 15) is 13.5 Å². The molecular weight excluding hydrogens is 116 g/mol. The van der Waals surface area contributed by atoms with Crippen LogP contribution in [0.4, 0.5) is 0 Å². The number of rotatable bonds is 1. The van der Waals surface area contributed by atoms with Gasteiger partial charge < -0.3 is 0 Å². The quantitative estimate of drug-likeness (QED) is 0.456. The van der Waals surface area contributed by atoms with Crippen LogP contribution >= 0.6 is 0 Å². The highest BCUT2D eigenvalue weighted by molar-refractivity contribution is 7.93. The molecule has 41 valence electrons. The van der Waals surface area contributed by atoms with E-state index < -0.39 is 9.84 Å². The Morgan fingerprint density at radius 1 is 1.43 bits per heavy atom. The summed E-state index contributed by atoms with van der Waals surface area (Å²) < 4.78 is 19.9. The Morgan fingerprint density at radius 3 is 1.86 bits per heavy atom. The fourth-order valence-corrected chi connectivity index (χ4v) is 0.303. The summed E-state index contributed by atoms with van der Waals surface area (Å²) in [7, 11) is -3.17. The van der Waals surface area contributed by atoms with Gasteiger partial charge in [0.2, 0.25) is 0 Å². The van der Waals surface area contributed by atoms with E-state index in [1.165, 1.54) is 0 Å². The highest BCUT2D eigenvalue weighted by atomic mass is 32.2. The van der Waals surface area contributed by atoms with Gasteiger partial charge in [-0.15, -0.1) is 0 Å². The molecule has 0 aromatic heterocycles. The van der Waals surface area contributed by atoms with Gasteiger partial charge in [0.25, 0.3) is 0 Å². The van der Waals surface area contributed by atoms with Gasteiger partial charge in [0.15, 0.2) is 16.1 Å². The van der Waals surface area contributed by atoms with E-state index in [0.29, 0.717) is 5.41 Å². The van der Waals surface area contributed by atoms with E-state index in [1.54, 1.807) is 0 Å². The maximum absolute atomic E-state index is 9.94. The molecule has 4 heteroatoms. The molecule has 0 bridgehead atoms. The summed E-state index contributed by atoms with van der Waals surface area (Å²) in [4.78, 5) is 0. The van der Waals surface area contributed by atoms with Crippen LogP contribution in [0.3, 0.4) is 0 Å². The number of hydrogen-bond donors (Lipinski definition) is 0. The smallest absolute Gasteiger partial charge is 0.171 e. The third-order valence-corrected chi connectivity index (χ3v) is 0.908. The van der Waals surface area contributed by atoms with Crippen LogP contribution in [0.5, 0.6) is 0 Å². The summed E-state index contributed by atoms with van der Waals surface area (Å²) in [5.74, 6) is 0. The van der Waals surface area contributed by atoms with Crippen LogP contribution in [0, 0.1) is 0 Å². The highest BCUT2D eigenvalue weighted by Gasteiger charge is 1.89. The number of hydrogen-bond acceptors (Lipinski definition) is 2. The van der Waals surface area contributed by atoms with Crippen LogP contribution in [0.25, 0.3) is 0 Å². The van der Waals surface area contributed by atoms with Crippen molar-refractivity contribution in [3.63, 3.8) is 0 Å². The summed E-state index contributed by atoms with van der Waals surface area (Å²) >= 11 is 0. The summed E-state index contributed by atoms with van der Waals surface area (Å²) in [6.45, 7) is 0. The molecule has 0 saturated heterocycles. The third kappa shape index (κ3) is 5.49. The Kier molecular flexibility index (Phi) is 1.83. The second kappa shape index (κ2) is 1.97. The van der Waals surface area contributed by atoms with Gasteiger partial charge >= 0.3 is 0 Å². The largest absolute Gasteiger partial charge is 0.298 e. The lowest BCUT2D eigenvalue weighted by atomic mass is 11.2. The van der Waals surface area contributed by atoms with Crippen LogP contribution in [0.1, 0.15) is 0 Å². The molecule has 0 aromatic rings. The van der Waals surface area contributed by atoms with Gasteiger partial charge in [-0.1, -0.05) is 0 Å². The first kappa shape index (κ1) is 6.49. The normalized spacial score (nSPS) is 12.7. The van der Waals surface area contributed by atoms with Gasteiger partial charge in [0.05, 0.1) is 5.41 Å². The van der Waals surface area contributed by atoms with Crippen molar-refractivity contribution in [3.05, 3.63) is 11.7 Å². The lowest BCUT2D eigenvalue weighted by molar-refractivity contribution is 0.352. The first-order valence-corrected chi connectivity index (χ1v) is 3.50. The van der Waals surface area contributed by atoms with Crippen molar-refractivity contribution >= 4 is 9.84 Å². The Labute approximate surface area is 42.2 Å². The van der Waals surface area contributed by atoms with E-state index in [0.717, 1.165) is 6.26 Å². The van der Waals surface area contributed by atoms with Gasteiger partial charge in [0.1, 0.15) is 0 Å². The molecule has 3 nitrogen and oxygen atoms in total. The first-order valence-electron chi connectivity index (χ1n) is 1.55. The lowest BCUT2D eigenvalue weighted by Gasteiger charge is -1.75. The molecule has 0 fully saturated rings. The van der Waals surface area contributed by atoms with E-state index in [2.05, 4.69) is 0 Å². The molecular formula is C3H5O3S. The molecule has 0 saturated carbocycles. The topological polar surface area (TPSA) is 54.0 Å². The molecule has 0 spiro atoms.